The Morgan fingerprint density at radius 2 is 2.05 bits per heavy atom. The van der Waals surface area contributed by atoms with E-state index in [9.17, 15) is 4.79 Å². The van der Waals surface area contributed by atoms with Gasteiger partial charge in [-0.25, -0.2) is 0 Å². The number of benzene rings is 1. The lowest BCUT2D eigenvalue weighted by molar-refractivity contribution is -0.128. The Morgan fingerprint density at radius 3 is 2.68 bits per heavy atom. The van der Waals surface area contributed by atoms with E-state index in [-0.39, 0.29) is 11.9 Å². The quantitative estimate of drug-likeness (QED) is 0.764. The second-order valence-corrected chi connectivity index (χ2v) is 5.03. The predicted octanol–water partition coefficient (Wildman–Crippen LogP) is 1.82. The molecule has 0 saturated carbocycles. The number of nitrogens with two attached hydrogens (primary N) is 1. The summed E-state index contributed by atoms with van der Waals surface area (Å²) in [5, 5.41) is 0. The first-order chi connectivity index (χ1) is 9.00. The van der Waals surface area contributed by atoms with Gasteiger partial charge in [-0.1, -0.05) is 18.2 Å². The van der Waals surface area contributed by atoms with E-state index in [2.05, 4.69) is 0 Å². The lowest BCUT2D eigenvalue weighted by Gasteiger charge is -2.13. The highest BCUT2D eigenvalue weighted by atomic mass is 16.5. The number of para-hydroxylation sites is 1. The van der Waals surface area contributed by atoms with Crippen LogP contribution in [0.25, 0.3) is 0 Å². The van der Waals surface area contributed by atoms with Gasteiger partial charge in [0.15, 0.2) is 0 Å². The summed E-state index contributed by atoms with van der Waals surface area (Å²) in [4.78, 5) is 13.0. The number of amides is 1. The molecule has 0 saturated heterocycles. The highest BCUT2D eigenvalue weighted by molar-refractivity contribution is 5.75. The largest absolute Gasteiger partial charge is 0.493 e. The van der Waals surface area contributed by atoms with E-state index in [1.54, 1.807) is 19.0 Å². The van der Waals surface area contributed by atoms with Crippen LogP contribution in [0.15, 0.2) is 24.3 Å². The molecule has 0 radical (unpaired) electrons. The molecule has 1 aromatic carbocycles. The van der Waals surface area contributed by atoms with Crippen LogP contribution in [-0.4, -0.2) is 37.6 Å². The Morgan fingerprint density at radius 1 is 1.37 bits per heavy atom. The summed E-state index contributed by atoms with van der Waals surface area (Å²) in [6, 6.07) is 8.03. The van der Waals surface area contributed by atoms with Gasteiger partial charge in [-0.2, -0.15) is 0 Å². The van der Waals surface area contributed by atoms with Crippen molar-refractivity contribution < 1.29 is 9.53 Å². The van der Waals surface area contributed by atoms with Crippen LogP contribution in [0, 0.1) is 0 Å². The molecule has 1 amide bonds. The molecule has 0 aromatic heterocycles. The molecule has 0 heterocycles. The fraction of sp³-hybridized carbons (Fsp3) is 0.533. The van der Waals surface area contributed by atoms with Gasteiger partial charge < -0.3 is 15.4 Å². The summed E-state index contributed by atoms with van der Waals surface area (Å²) in [6.07, 6.45) is 2.04. The fourth-order valence-electron chi connectivity index (χ4n) is 1.79. The normalized spacial score (nSPS) is 12.0. The molecule has 106 valence electrons. The number of carbonyl (C=O) groups excluding carboxylic acids is 1. The topological polar surface area (TPSA) is 55.6 Å². The lowest BCUT2D eigenvalue weighted by Crippen LogP contribution is -2.22. The summed E-state index contributed by atoms with van der Waals surface area (Å²) < 4.78 is 5.74. The first-order valence-electron chi connectivity index (χ1n) is 6.67. The van der Waals surface area contributed by atoms with Crippen molar-refractivity contribution in [3.05, 3.63) is 29.8 Å². The zero-order chi connectivity index (χ0) is 14.3. The lowest BCUT2D eigenvalue weighted by atomic mass is 10.1. The van der Waals surface area contributed by atoms with Gasteiger partial charge in [-0.15, -0.1) is 0 Å². The SMILES string of the molecule is CC(N)Cc1ccccc1OCCCC(=O)N(C)C. The van der Waals surface area contributed by atoms with E-state index in [1.807, 2.05) is 31.2 Å². The van der Waals surface area contributed by atoms with Crippen molar-refractivity contribution in [3.63, 3.8) is 0 Å². The number of hydrogen-bond donors (Lipinski definition) is 1. The molecule has 19 heavy (non-hydrogen) atoms. The Labute approximate surface area is 115 Å². The third-order valence-electron chi connectivity index (χ3n) is 2.81. The van der Waals surface area contributed by atoms with Gasteiger partial charge in [-0.3, -0.25) is 4.79 Å². The summed E-state index contributed by atoms with van der Waals surface area (Å²) in [5.41, 5.74) is 6.94. The highest BCUT2D eigenvalue weighted by Crippen LogP contribution is 2.19. The van der Waals surface area contributed by atoms with Crippen LogP contribution in [0.3, 0.4) is 0 Å². The van der Waals surface area contributed by atoms with Crippen LogP contribution < -0.4 is 10.5 Å². The molecule has 0 aliphatic rings. The molecule has 1 unspecified atom stereocenters. The van der Waals surface area contributed by atoms with Crippen LogP contribution >= 0.6 is 0 Å². The molecule has 0 bridgehead atoms. The van der Waals surface area contributed by atoms with E-state index >= 15 is 0 Å². The number of ether oxygens (including phenoxy) is 1. The van der Waals surface area contributed by atoms with Crippen LogP contribution in [0.1, 0.15) is 25.3 Å². The number of hydrogen-bond acceptors (Lipinski definition) is 3. The first-order valence-corrected chi connectivity index (χ1v) is 6.67. The third-order valence-corrected chi connectivity index (χ3v) is 2.81. The summed E-state index contributed by atoms with van der Waals surface area (Å²) in [6.45, 7) is 2.53. The smallest absolute Gasteiger partial charge is 0.222 e. The molecule has 4 nitrogen and oxygen atoms in total. The Bertz CT molecular complexity index is 403. The maximum Gasteiger partial charge on any atom is 0.222 e. The number of nitrogens with zero attached hydrogens (tertiary/aromatic N) is 1. The molecule has 0 aliphatic heterocycles. The average molecular weight is 264 g/mol. The van der Waals surface area contributed by atoms with Crippen molar-refractivity contribution in [2.45, 2.75) is 32.2 Å². The highest BCUT2D eigenvalue weighted by Gasteiger charge is 2.07. The van der Waals surface area contributed by atoms with Crippen molar-refractivity contribution in [2.24, 2.45) is 5.73 Å². The molecule has 2 N–H and O–H groups in total. The minimum Gasteiger partial charge on any atom is -0.493 e. The molecule has 1 rings (SSSR count). The molecule has 0 fully saturated rings. The van der Waals surface area contributed by atoms with Crippen LogP contribution in [-0.2, 0) is 11.2 Å². The second kappa shape index (κ2) is 7.79. The van der Waals surface area contributed by atoms with Crippen molar-refractivity contribution in [1.29, 1.82) is 0 Å². The van der Waals surface area contributed by atoms with Crippen LogP contribution in [0.2, 0.25) is 0 Å². The average Bonchev–Trinajstić information content (AvgIpc) is 2.35. The Kier molecular flexibility index (Phi) is 6.36. The first kappa shape index (κ1) is 15.5. The molecule has 0 aliphatic carbocycles. The van der Waals surface area contributed by atoms with Crippen LogP contribution in [0.5, 0.6) is 5.75 Å². The van der Waals surface area contributed by atoms with E-state index in [1.165, 1.54) is 0 Å². The van der Waals surface area contributed by atoms with Crippen LogP contribution in [0.4, 0.5) is 0 Å². The molecule has 0 spiro atoms. The summed E-state index contributed by atoms with van der Waals surface area (Å²) in [5.74, 6) is 1.00. The predicted molar refractivity (Wildman–Crippen MR) is 77.2 cm³/mol. The summed E-state index contributed by atoms with van der Waals surface area (Å²) in [7, 11) is 3.53. The Balaban J connectivity index is 2.42. The minimum absolute atomic E-state index is 0.111. The van der Waals surface area contributed by atoms with Gasteiger partial charge >= 0.3 is 0 Å². The van der Waals surface area contributed by atoms with Gasteiger partial charge in [0.1, 0.15) is 5.75 Å². The van der Waals surface area contributed by atoms with E-state index < -0.39 is 0 Å². The van der Waals surface area contributed by atoms with Gasteiger partial charge in [-0.05, 0) is 31.4 Å². The molecule has 1 aromatic rings. The van der Waals surface area contributed by atoms with Gasteiger partial charge in [0.05, 0.1) is 6.61 Å². The van der Waals surface area contributed by atoms with Crippen molar-refractivity contribution in [2.75, 3.05) is 20.7 Å². The standard InChI is InChI=1S/C15H24N2O2/c1-12(16)11-13-7-4-5-8-14(13)19-10-6-9-15(18)17(2)3/h4-5,7-8,12H,6,9-11,16H2,1-3H3. The number of rotatable bonds is 7. The second-order valence-electron chi connectivity index (χ2n) is 5.03. The van der Waals surface area contributed by atoms with Gasteiger partial charge in [0.2, 0.25) is 5.91 Å². The van der Waals surface area contributed by atoms with Crippen molar-refractivity contribution >= 4 is 5.91 Å². The maximum absolute atomic E-state index is 11.4. The van der Waals surface area contributed by atoms with E-state index in [0.29, 0.717) is 13.0 Å². The van der Waals surface area contributed by atoms with Crippen molar-refractivity contribution in [3.8, 4) is 5.75 Å². The zero-order valence-electron chi connectivity index (χ0n) is 12.1. The minimum atomic E-state index is 0.111. The molecular weight excluding hydrogens is 240 g/mol. The monoisotopic (exact) mass is 264 g/mol. The van der Waals surface area contributed by atoms with Gasteiger partial charge in [0, 0.05) is 26.6 Å². The molecular formula is C15H24N2O2. The molecule has 4 heteroatoms. The fourth-order valence-corrected chi connectivity index (χ4v) is 1.79. The summed E-state index contributed by atoms with van der Waals surface area (Å²) >= 11 is 0. The zero-order valence-corrected chi connectivity index (χ0v) is 12.1. The van der Waals surface area contributed by atoms with E-state index in [0.717, 1.165) is 24.2 Å². The third kappa shape index (κ3) is 5.75. The van der Waals surface area contributed by atoms with E-state index in [4.69, 9.17) is 10.5 Å². The van der Waals surface area contributed by atoms with Crippen molar-refractivity contribution in [1.82, 2.24) is 4.90 Å². The van der Waals surface area contributed by atoms with Gasteiger partial charge in [0.25, 0.3) is 0 Å². The maximum atomic E-state index is 11.4. The molecule has 1 atom stereocenters. The Hall–Kier alpha value is -1.55. The number of carbonyl (C=O) groups is 1.